The first-order valence-corrected chi connectivity index (χ1v) is 6.82. The van der Waals surface area contributed by atoms with Crippen LogP contribution in [0.15, 0.2) is 42.1 Å². The number of para-hydroxylation sites is 1. The Labute approximate surface area is 117 Å². The van der Waals surface area contributed by atoms with Crippen LogP contribution in [0.3, 0.4) is 0 Å². The van der Waals surface area contributed by atoms with Gasteiger partial charge in [0.1, 0.15) is 0 Å². The average molecular weight is 267 g/mol. The summed E-state index contributed by atoms with van der Waals surface area (Å²) in [6.45, 7) is 0.785. The quantitative estimate of drug-likeness (QED) is 0.875. The maximum atomic E-state index is 11.3. The first kappa shape index (κ1) is 12.7. The molecule has 2 heterocycles. The number of nitrogens with one attached hydrogen (secondary N) is 1. The highest BCUT2D eigenvalue weighted by atomic mass is 16.1. The number of carbonyl (C=O) groups is 1. The van der Waals surface area contributed by atoms with E-state index in [0.29, 0.717) is 6.42 Å². The molecule has 1 atom stereocenters. The van der Waals surface area contributed by atoms with Crippen LogP contribution in [0.4, 0.5) is 0 Å². The highest BCUT2D eigenvalue weighted by molar-refractivity contribution is 5.80. The summed E-state index contributed by atoms with van der Waals surface area (Å²) in [5.41, 5.74) is 8.29. The molecule has 4 heteroatoms. The molecule has 0 bridgehead atoms. The van der Waals surface area contributed by atoms with Crippen molar-refractivity contribution < 1.29 is 4.79 Å². The summed E-state index contributed by atoms with van der Waals surface area (Å²) in [5.74, 6) is -0.285. The Morgan fingerprint density at radius 1 is 1.30 bits per heavy atom. The van der Waals surface area contributed by atoms with Crippen molar-refractivity contribution in [3.8, 4) is 0 Å². The summed E-state index contributed by atoms with van der Waals surface area (Å²) in [7, 11) is 0. The molecule has 102 valence electrons. The molecule has 1 aromatic carbocycles. The SMILES string of the molecule is NC(=O)C1CCNC(=Cc2ccc3ccccc3n2)C1. The van der Waals surface area contributed by atoms with Crippen molar-refractivity contribution in [2.45, 2.75) is 12.8 Å². The molecule has 2 aromatic rings. The lowest BCUT2D eigenvalue weighted by Crippen LogP contribution is -2.33. The summed E-state index contributed by atoms with van der Waals surface area (Å²) >= 11 is 0. The zero-order valence-corrected chi connectivity index (χ0v) is 11.2. The largest absolute Gasteiger partial charge is 0.388 e. The smallest absolute Gasteiger partial charge is 0.220 e. The van der Waals surface area contributed by atoms with Crippen molar-refractivity contribution in [1.82, 2.24) is 10.3 Å². The molecule has 0 aliphatic carbocycles. The van der Waals surface area contributed by atoms with Gasteiger partial charge in [-0.15, -0.1) is 0 Å². The van der Waals surface area contributed by atoms with Crippen LogP contribution in [0, 0.1) is 5.92 Å². The van der Waals surface area contributed by atoms with E-state index in [4.69, 9.17) is 5.73 Å². The first-order chi connectivity index (χ1) is 9.72. The second kappa shape index (κ2) is 5.33. The molecule has 4 nitrogen and oxygen atoms in total. The molecule has 1 amide bonds. The van der Waals surface area contributed by atoms with Gasteiger partial charge in [0.25, 0.3) is 0 Å². The van der Waals surface area contributed by atoms with Gasteiger partial charge in [-0.2, -0.15) is 0 Å². The third-order valence-corrected chi connectivity index (χ3v) is 3.66. The van der Waals surface area contributed by atoms with Gasteiger partial charge in [0, 0.05) is 23.5 Å². The van der Waals surface area contributed by atoms with Gasteiger partial charge >= 0.3 is 0 Å². The van der Waals surface area contributed by atoms with Crippen LogP contribution in [0.1, 0.15) is 18.5 Å². The number of benzene rings is 1. The summed E-state index contributed by atoms with van der Waals surface area (Å²) in [5, 5.41) is 4.44. The van der Waals surface area contributed by atoms with Crippen LogP contribution < -0.4 is 11.1 Å². The van der Waals surface area contributed by atoms with Crippen molar-refractivity contribution in [1.29, 1.82) is 0 Å². The second-order valence-corrected chi connectivity index (χ2v) is 5.12. The Hall–Kier alpha value is -2.36. The number of aromatic nitrogens is 1. The van der Waals surface area contributed by atoms with Gasteiger partial charge < -0.3 is 11.1 Å². The van der Waals surface area contributed by atoms with Crippen molar-refractivity contribution in [3.63, 3.8) is 0 Å². The normalized spacial score (nSPS) is 20.8. The summed E-state index contributed by atoms with van der Waals surface area (Å²) in [4.78, 5) is 15.9. The third kappa shape index (κ3) is 2.64. The fraction of sp³-hybridized carbons (Fsp3) is 0.250. The van der Waals surface area contributed by atoms with E-state index in [1.165, 1.54) is 0 Å². The van der Waals surface area contributed by atoms with Crippen LogP contribution >= 0.6 is 0 Å². The predicted octanol–water partition coefficient (Wildman–Crippen LogP) is 2.06. The Morgan fingerprint density at radius 3 is 3.00 bits per heavy atom. The number of primary amides is 1. The number of carbonyl (C=O) groups excluding carboxylic acids is 1. The van der Waals surface area contributed by atoms with Crippen molar-refractivity contribution in [3.05, 3.63) is 47.8 Å². The minimum Gasteiger partial charge on any atom is -0.388 e. The molecule has 1 aliphatic heterocycles. The Bertz CT molecular complexity index is 678. The number of allylic oxidation sites excluding steroid dienone is 1. The molecule has 1 aromatic heterocycles. The molecule has 1 saturated heterocycles. The minimum atomic E-state index is -0.219. The molecule has 1 unspecified atom stereocenters. The topological polar surface area (TPSA) is 68.0 Å². The lowest BCUT2D eigenvalue weighted by atomic mass is 9.94. The predicted molar refractivity (Wildman–Crippen MR) is 79.6 cm³/mol. The number of nitrogens with zero attached hydrogens (tertiary/aromatic N) is 1. The summed E-state index contributed by atoms with van der Waals surface area (Å²) in [6, 6.07) is 12.1. The number of amides is 1. The zero-order chi connectivity index (χ0) is 13.9. The molecule has 1 fully saturated rings. The standard InChI is InChI=1S/C16H17N3O/c17-16(20)12-7-8-18-14(9-12)10-13-6-5-11-3-1-2-4-15(11)19-13/h1-6,10,12,18H,7-9H2,(H2,17,20). The number of pyridine rings is 1. The molecule has 3 rings (SSSR count). The zero-order valence-electron chi connectivity index (χ0n) is 11.2. The highest BCUT2D eigenvalue weighted by Crippen LogP contribution is 2.20. The maximum Gasteiger partial charge on any atom is 0.220 e. The van der Waals surface area contributed by atoms with Crippen LogP contribution in [-0.4, -0.2) is 17.4 Å². The van der Waals surface area contributed by atoms with E-state index in [2.05, 4.69) is 16.4 Å². The molecule has 0 saturated carbocycles. The van der Waals surface area contributed by atoms with Crippen LogP contribution in [0.5, 0.6) is 0 Å². The maximum absolute atomic E-state index is 11.3. The molecule has 20 heavy (non-hydrogen) atoms. The minimum absolute atomic E-state index is 0.0667. The molecule has 1 aliphatic rings. The van der Waals surface area contributed by atoms with Gasteiger partial charge in [-0.3, -0.25) is 4.79 Å². The monoisotopic (exact) mass is 267 g/mol. The van der Waals surface area contributed by atoms with Crippen LogP contribution in [-0.2, 0) is 4.79 Å². The van der Waals surface area contributed by atoms with E-state index in [0.717, 1.165) is 35.3 Å². The second-order valence-electron chi connectivity index (χ2n) is 5.12. The lowest BCUT2D eigenvalue weighted by molar-refractivity contribution is -0.122. The van der Waals surface area contributed by atoms with Crippen molar-refractivity contribution in [2.24, 2.45) is 11.7 Å². The third-order valence-electron chi connectivity index (χ3n) is 3.66. The van der Waals surface area contributed by atoms with Gasteiger partial charge in [0.05, 0.1) is 11.2 Å². The molecule has 0 spiro atoms. The van der Waals surface area contributed by atoms with Crippen LogP contribution in [0.2, 0.25) is 0 Å². The van der Waals surface area contributed by atoms with E-state index in [9.17, 15) is 4.79 Å². The van der Waals surface area contributed by atoms with Gasteiger partial charge in [0.15, 0.2) is 0 Å². The average Bonchev–Trinajstić information content (AvgIpc) is 2.47. The number of hydrogen-bond donors (Lipinski definition) is 2. The van der Waals surface area contributed by atoms with E-state index >= 15 is 0 Å². The fourth-order valence-corrected chi connectivity index (χ4v) is 2.54. The van der Waals surface area contributed by atoms with E-state index in [-0.39, 0.29) is 11.8 Å². The van der Waals surface area contributed by atoms with Crippen molar-refractivity contribution in [2.75, 3.05) is 6.54 Å². The number of nitrogens with two attached hydrogens (primary N) is 1. The van der Waals surface area contributed by atoms with E-state index < -0.39 is 0 Å². The summed E-state index contributed by atoms with van der Waals surface area (Å²) in [6.07, 6.45) is 3.48. The Morgan fingerprint density at radius 2 is 2.15 bits per heavy atom. The van der Waals surface area contributed by atoms with Gasteiger partial charge in [-0.05, 0) is 31.1 Å². The number of rotatable bonds is 2. The lowest BCUT2D eigenvalue weighted by Gasteiger charge is -2.23. The molecule has 0 radical (unpaired) electrons. The van der Waals surface area contributed by atoms with Gasteiger partial charge in [0.2, 0.25) is 5.91 Å². The van der Waals surface area contributed by atoms with Gasteiger partial charge in [-0.25, -0.2) is 4.98 Å². The van der Waals surface area contributed by atoms with E-state index in [1.54, 1.807) is 0 Å². The summed E-state index contributed by atoms with van der Waals surface area (Å²) < 4.78 is 0. The fourth-order valence-electron chi connectivity index (χ4n) is 2.54. The molecular weight excluding hydrogens is 250 g/mol. The number of hydrogen-bond acceptors (Lipinski definition) is 3. The van der Waals surface area contributed by atoms with E-state index in [1.807, 2.05) is 36.4 Å². The number of fused-ring (bicyclic) bond motifs is 1. The number of piperidine rings is 1. The van der Waals surface area contributed by atoms with Crippen LogP contribution in [0.25, 0.3) is 17.0 Å². The van der Waals surface area contributed by atoms with Gasteiger partial charge in [-0.1, -0.05) is 24.3 Å². The Balaban J connectivity index is 1.87. The van der Waals surface area contributed by atoms with Crippen molar-refractivity contribution >= 4 is 22.9 Å². The Kier molecular flexibility index (Phi) is 3.37. The highest BCUT2D eigenvalue weighted by Gasteiger charge is 2.21. The molecule has 3 N–H and O–H groups in total. The molecular formula is C16H17N3O. The first-order valence-electron chi connectivity index (χ1n) is 6.82.